The molecule has 0 radical (unpaired) electrons. The largest absolute Gasteiger partial charge is 0.303 e. The lowest BCUT2D eigenvalue weighted by Gasteiger charge is -2.54. The molecule has 0 aromatic heterocycles. The van der Waals surface area contributed by atoms with Crippen LogP contribution < -0.4 is 0 Å². The number of fused-ring (bicyclic) bond motifs is 2. The van der Waals surface area contributed by atoms with Gasteiger partial charge in [0.15, 0.2) is 0 Å². The number of carbonyl (C=O) groups excluding carboxylic acids is 1. The van der Waals surface area contributed by atoms with Crippen LogP contribution in [0, 0.1) is 22.2 Å². The van der Waals surface area contributed by atoms with Crippen LogP contribution in [0.2, 0.25) is 0 Å². The maximum Gasteiger partial charge on any atom is 0.125 e. The molecule has 0 N–H and O–H groups in total. The third kappa shape index (κ3) is 2.11. The van der Waals surface area contributed by atoms with Crippen molar-refractivity contribution in [2.24, 2.45) is 22.2 Å². The van der Waals surface area contributed by atoms with Gasteiger partial charge in [-0.2, -0.15) is 0 Å². The van der Waals surface area contributed by atoms with E-state index in [2.05, 4.69) is 27.7 Å². The zero-order chi connectivity index (χ0) is 11.3. The van der Waals surface area contributed by atoms with E-state index in [9.17, 15) is 4.79 Å². The molecule has 0 aromatic carbocycles. The summed E-state index contributed by atoms with van der Waals surface area (Å²) in [5.74, 6) is 0.780. The molecule has 15 heavy (non-hydrogen) atoms. The van der Waals surface area contributed by atoms with Crippen LogP contribution in [0.5, 0.6) is 0 Å². The molecule has 2 fully saturated rings. The molecule has 3 unspecified atom stereocenters. The molecular weight excluding hydrogens is 184 g/mol. The summed E-state index contributed by atoms with van der Waals surface area (Å²) >= 11 is 0. The number of rotatable bonds is 1. The molecule has 2 bridgehead atoms. The normalized spacial score (nSPS) is 48.7. The predicted molar refractivity (Wildman–Crippen MR) is 62.6 cm³/mol. The van der Waals surface area contributed by atoms with E-state index in [0.29, 0.717) is 10.8 Å². The first-order chi connectivity index (χ1) is 6.76. The van der Waals surface area contributed by atoms with Crippen molar-refractivity contribution in [1.29, 1.82) is 0 Å². The van der Waals surface area contributed by atoms with E-state index in [1.807, 2.05) is 0 Å². The minimum atomic E-state index is -0.0336. The van der Waals surface area contributed by atoms with Crippen molar-refractivity contribution < 1.29 is 4.79 Å². The molecule has 0 aromatic rings. The van der Waals surface area contributed by atoms with Gasteiger partial charge in [-0.05, 0) is 48.9 Å². The second-order valence-electron chi connectivity index (χ2n) is 7.58. The summed E-state index contributed by atoms with van der Waals surface area (Å²) < 4.78 is 0. The van der Waals surface area contributed by atoms with Gasteiger partial charge in [-0.15, -0.1) is 0 Å². The van der Waals surface area contributed by atoms with Crippen molar-refractivity contribution in [3.63, 3.8) is 0 Å². The minimum absolute atomic E-state index is 0.0336. The van der Waals surface area contributed by atoms with Gasteiger partial charge in [0.1, 0.15) is 6.29 Å². The van der Waals surface area contributed by atoms with Crippen molar-refractivity contribution >= 4 is 6.29 Å². The van der Waals surface area contributed by atoms with Gasteiger partial charge in [-0.25, -0.2) is 0 Å². The number of hydrogen-bond donors (Lipinski definition) is 0. The van der Waals surface area contributed by atoms with Crippen molar-refractivity contribution in [3.05, 3.63) is 0 Å². The van der Waals surface area contributed by atoms with Crippen molar-refractivity contribution in [2.45, 2.75) is 59.8 Å². The highest BCUT2D eigenvalue weighted by atomic mass is 16.1. The zero-order valence-corrected chi connectivity index (χ0v) is 10.6. The van der Waals surface area contributed by atoms with Crippen LogP contribution >= 0.6 is 0 Å². The fraction of sp³-hybridized carbons (Fsp3) is 0.929. The van der Waals surface area contributed by atoms with Crippen LogP contribution in [0.4, 0.5) is 0 Å². The molecular formula is C14H24O. The Hall–Kier alpha value is -0.330. The minimum Gasteiger partial charge on any atom is -0.303 e. The SMILES string of the molecule is CC1(C)CC2CC(C)(C=O)CC(C)(C2)C1. The topological polar surface area (TPSA) is 17.1 Å². The fourth-order valence-corrected chi connectivity index (χ4v) is 4.93. The number of hydrogen-bond acceptors (Lipinski definition) is 1. The number of carbonyl (C=O) groups is 1. The molecule has 1 heteroatoms. The first kappa shape index (κ1) is 11.2. The summed E-state index contributed by atoms with van der Waals surface area (Å²) in [5.41, 5.74) is 0.871. The van der Waals surface area contributed by atoms with Gasteiger partial charge in [0.25, 0.3) is 0 Å². The highest BCUT2D eigenvalue weighted by Gasteiger charge is 2.49. The summed E-state index contributed by atoms with van der Waals surface area (Å²) in [6, 6.07) is 0. The molecule has 1 nitrogen and oxygen atoms in total. The van der Waals surface area contributed by atoms with Gasteiger partial charge in [-0.3, -0.25) is 0 Å². The van der Waals surface area contributed by atoms with E-state index >= 15 is 0 Å². The molecule has 0 aliphatic heterocycles. The molecule has 0 amide bonds. The van der Waals surface area contributed by atoms with Crippen LogP contribution in [-0.2, 0) is 4.79 Å². The van der Waals surface area contributed by atoms with Gasteiger partial charge in [0, 0.05) is 5.41 Å². The Morgan fingerprint density at radius 2 is 1.67 bits per heavy atom. The summed E-state index contributed by atoms with van der Waals surface area (Å²) in [7, 11) is 0. The van der Waals surface area contributed by atoms with E-state index < -0.39 is 0 Å². The van der Waals surface area contributed by atoms with Gasteiger partial charge < -0.3 is 4.79 Å². The first-order valence-electron chi connectivity index (χ1n) is 6.22. The zero-order valence-electron chi connectivity index (χ0n) is 10.6. The quantitative estimate of drug-likeness (QED) is 0.599. The standard InChI is InChI=1S/C14H24O/c1-12(2)5-11-6-13(3,8-12)9-14(4,7-11)10-15/h10-11H,5-9H2,1-4H3. The second kappa shape index (κ2) is 3.09. The lowest BCUT2D eigenvalue weighted by atomic mass is 9.50. The summed E-state index contributed by atoms with van der Waals surface area (Å²) in [6.45, 7) is 9.33. The molecule has 3 atom stereocenters. The molecule has 0 saturated heterocycles. The van der Waals surface area contributed by atoms with E-state index in [0.717, 1.165) is 18.8 Å². The third-order valence-corrected chi connectivity index (χ3v) is 4.40. The lowest BCUT2D eigenvalue weighted by molar-refractivity contribution is -0.125. The molecule has 86 valence electrons. The molecule has 2 aliphatic rings. The van der Waals surface area contributed by atoms with Crippen LogP contribution in [0.3, 0.4) is 0 Å². The van der Waals surface area contributed by atoms with E-state index in [1.54, 1.807) is 0 Å². The Labute approximate surface area is 93.6 Å². The lowest BCUT2D eigenvalue weighted by Crippen LogP contribution is -2.45. The average molecular weight is 208 g/mol. The number of aldehydes is 1. The van der Waals surface area contributed by atoms with Crippen LogP contribution in [0.15, 0.2) is 0 Å². The first-order valence-corrected chi connectivity index (χ1v) is 6.22. The Balaban J connectivity index is 2.24. The smallest absolute Gasteiger partial charge is 0.125 e. The molecule has 2 saturated carbocycles. The molecule has 2 aliphatic carbocycles. The predicted octanol–water partition coefficient (Wildman–Crippen LogP) is 3.82. The monoisotopic (exact) mass is 208 g/mol. The van der Waals surface area contributed by atoms with Crippen molar-refractivity contribution in [1.82, 2.24) is 0 Å². The average Bonchev–Trinajstić information content (AvgIpc) is 1.96. The van der Waals surface area contributed by atoms with E-state index in [1.165, 1.54) is 25.5 Å². The van der Waals surface area contributed by atoms with Crippen molar-refractivity contribution in [2.75, 3.05) is 0 Å². The maximum atomic E-state index is 11.2. The molecule has 0 heterocycles. The highest BCUT2D eigenvalue weighted by Crippen LogP contribution is 2.59. The Morgan fingerprint density at radius 1 is 1.00 bits per heavy atom. The van der Waals surface area contributed by atoms with Gasteiger partial charge >= 0.3 is 0 Å². The Bertz CT molecular complexity index is 279. The summed E-state index contributed by atoms with van der Waals surface area (Å²) in [6.07, 6.45) is 7.39. The van der Waals surface area contributed by atoms with Crippen LogP contribution in [-0.4, -0.2) is 6.29 Å². The summed E-state index contributed by atoms with van der Waals surface area (Å²) in [4.78, 5) is 11.2. The van der Waals surface area contributed by atoms with Gasteiger partial charge in [-0.1, -0.05) is 27.7 Å². The van der Waals surface area contributed by atoms with Crippen molar-refractivity contribution in [3.8, 4) is 0 Å². The van der Waals surface area contributed by atoms with E-state index in [-0.39, 0.29) is 5.41 Å². The maximum absolute atomic E-state index is 11.2. The third-order valence-electron chi connectivity index (χ3n) is 4.40. The Kier molecular flexibility index (Phi) is 2.30. The van der Waals surface area contributed by atoms with Crippen LogP contribution in [0.1, 0.15) is 59.8 Å². The van der Waals surface area contributed by atoms with E-state index in [4.69, 9.17) is 0 Å². The van der Waals surface area contributed by atoms with Crippen LogP contribution in [0.25, 0.3) is 0 Å². The Morgan fingerprint density at radius 3 is 2.20 bits per heavy atom. The van der Waals surface area contributed by atoms with Gasteiger partial charge in [0.2, 0.25) is 0 Å². The highest BCUT2D eigenvalue weighted by molar-refractivity contribution is 5.59. The second-order valence-corrected chi connectivity index (χ2v) is 7.58. The molecule has 0 spiro atoms. The fourth-order valence-electron chi connectivity index (χ4n) is 4.93. The van der Waals surface area contributed by atoms with Gasteiger partial charge in [0.05, 0.1) is 0 Å². The summed E-state index contributed by atoms with van der Waals surface area (Å²) in [5, 5.41) is 0. The molecule has 2 rings (SSSR count).